The van der Waals surface area contributed by atoms with Gasteiger partial charge in [0.05, 0.1) is 15.4 Å². The van der Waals surface area contributed by atoms with Crippen LogP contribution >= 0.6 is 0 Å². The molecule has 0 aliphatic rings. The summed E-state index contributed by atoms with van der Waals surface area (Å²) >= 11 is 0. The zero-order valence-electron chi connectivity index (χ0n) is 18.2. The van der Waals surface area contributed by atoms with Crippen LogP contribution in [0.1, 0.15) is 22.8 Å². The van der Waals surface area contributed by atoms with Gasteiger partial charge in [-0.2, -0.15) is 13.2 Å². The molecule has 2 N–H and O–H groups in total. The van der Waals surface area contributed by atoms with Gasteiger partial charge in [-0.1, -0.05) is 30.3 Å². The van der Waals surface area contributed by atoms with E-state index in [2.05, 4.69) is 0 Å². The average molecular weight is 507 g/mol. The van der Waals surface area contributed by atoms with Crippen LogP contribution in [0.4, 0.5) is 13.2 Å². The lowest BCUT2D eigenvalue weighted by Crippen LogP contribution is -2.42. The molecular formula is C24H20F3NO6S. The van der Waals surface area contributed by atoms with Crippen LogP contribution in [0.3, 0.4) is 0 Å². The van der Waals surface area contributed by atoms with Crippen LogP contribution in [0.25, 0.3) is 0 Å². The second kappa shape index (κ2) is 10.2. The van der Waals surface area contributed by atoms with E-state index in [-0.39, 0.29) is 17.1 Å². The van der Waals surface area contributed by atoms with Crippen molar-refractivity contribution in [3.63, 3.8) is 0 Å². The van der Waals surface area contributed by atoms with E-state index >= 15 is 0 Å². The number of ether oxygens (including phenoxy) is 1. The van der Waals surface area contributed by atoms with Gasteiger partial charge in [0.15, 0.2) is 0 Å². The lowest BCUT2D eigenvalue weighted by molar-refractivity contribution is -0.174. The highest BCUT2D eigenvalue weighted by molar-refractivity contribution is 7.91. The fourth-order valence-electron chi connectivity index (χ4n) is 3.24. The number of sulfone groups is 1. The molecule has 3 aromatic carbocycles. The summed E-state index contributed by atoms with van der Waals surface area (Å²) in [4.78, 5) is 22.2. The summed E-state index contributed by atoms with van der Waals surface area (Å²) in [6.45, 7) is 1.38. The van der Waals surface area contributed by atoms with E-state index in [1.54, 1.807) is 30.3 Å². The van der Waals surface area contributed by atoms with Crippen molar-refractivity contribution in [1.29, 1.82) is 0 Å². The van der Waals surface area contributed by atoms with Crippen LogP contribution in [0.15, 0.2) is 82.6 Å². The van der Waals surface area contributed by atoms with Gasteiger partial charge in [0.2, 0.25) is 9.84 Å². The van der Waals surface area contributed by atoms with Crippen molar-refractivity contribution in [2.75, 3.05) is 0 Å². The van der Waals surface area contributed by atoms with E-state index in [9.17, 15) is 36.3 Å². The molecule has 0 saturated heterocycles. The van der Waals surface area contributed by atoms with Crippen LogP contribution in [0, 0.1) is 0 Å². The van der Waals surface area contributed by atoms with Gasteiger partial charge >= 0.3 is 18.1 Å². The second-order valence-electron chi connectivity index (χ2n) is 7.60. The SMILES string of the molecule is C[C@H](Cc1ccc(S(=O)(=O)c2ccc(Oc3ccccc3)cc2C(=O)O)cc1)NC(=O)C(F)(F)F. The van der Waals surface area contributed by atoms with Crippen molar-refractivity contribution in [1.82, 2.24) is 5.32 Å². The summed E-state index contributed by atoms with van der Waals surface area (Å²) in [5.74, 6) is -2.95. The highest BCUT2D eigenvalue weighted by Gasteiger charge is 2.39. The Labute approximate surface area is 199 Å². The first-order valence-corrected chi connectivity index (χ1v) is 11.7. The maximum atomic E-state index is 13.1. The number of para-hydroxylation sites is 1. The van der Waals surface area contributed by atoms with Crippen LogP contribution in [0.5, 0.6) is 11.5 Å². The van der Waals surface area contributed by atoms with Crippen molar-refractivity contribution in [3.05, 3.63) is 83.9 Å². The molecule has 0 unspecified atom stereocenters. The summed E-state index contributed by atoms with van der Waals surface area (Å²) in [7, 11) is -4.24. The van der Waals surface area contributed by atoms with Gasteiger partial charge in [-0.05, 0) is 61.4 Å². The zero-order valence-corrected chi connectivity index (χ0v) is 19.1. The predicted molar refractivity (Wildman–Crippen MR) is 119 cm³/mol. The van der Waals surface area contributed by atoms with Crippen molar-refractivity contribution >= 4 is 21.7 Å². The molecule has 1 amide bonds. The maximum Gasteiger partial charge on any atom is 0.471 e. The normalized spacial score (nSPS) is 12.6. The number of carboxylic acid groups (broad SMARTS) is 1. The van der Waals surface area contributed by atoms with E-state index < -0.39 is 44.4 Å². The Kier molecular flexibility index (Phi) is 7.49. The summed E-state index contributed by atoms with van der Waals surface area (Å²) in [5, 5.41) is 11.4. The third-order valence-electron chi connectivity index (χ3n) is 4.86. The Morgan fingerprint density at radius 3 is 2.17 bits per heavy atom. The highest BCUT2D eigenvalue weighted by atomic mass is 32.2. The number of alkyl halides is 3. The minimum Gasteiger partial charge on any atom is -0.478 e. The number of hydrogen-bond donors (Lipinski definition) is 2. The number of amides is 1. The van der Waals surface area contributed by atoms with Gasteiger partial charge < -0.3 is 15.2 Å². The Balaban J connectivity index is 1.82. The summed E-state index contributed by atoms with van der Waals surface area (Å²) in [6.07, 6.45) is -4.98. The second-order valence-corrected chi connectivity index (χ2v) is 9.52. The first-order chi connectivity index (χ1) is 16.4. The van der Waals surface area contributed by atoms with Crippen LogP contribution in [-0.2, 0) is 21.1 Å². The molecule has 0 aliphatic heterocycles. The number of carbonyl (C=O) groups excluding carboxylic acids is 1. The van der Waals surface area contributed by atoms with Crippen molar-refractivity contribution in [2.24, 2.45) is 0 Å². The van der Waals surface area contributed by atoms with Gasteiger partial charge in [0, 0.05) is 6.04 Å². The molecule has 0 radical (unpaired) electrons. The number of carbonyl (C=O) groups is 2. The molecule has 3 rings (SSSR count). The minimum atomic E-state index is -5.00. The van der Waals surface area contributed by atoms with E-state index in [0.29, 0.717) is 11.3 Å². The molecule has 7 nitrogen and oxygen atoms in total. The Morgan fingerprint density at radius 2 is 1.60 bits per heavy atom. The quantitative estimate of drug-likeness (QED) is 0.461. The van der Waals surface area contributed by atoms with E-state index in [0.717, 1.165) is 12.1 Å². The summed E-state index contributed by atoms with van der Waals surface area (Å²) in [5.41, 5.74) is -0.00464. The van der Waals surface area contributed by atoms with Crippen molar-refractivity contribution in [3.8, 4) is 11.5 Å². The molecule has 0 spiro atoms. The Hall–Kier alpha value is -3.86. The molecule has 35 heavy (non-hydrogen) atoms. The van der Waals surface area contributed by atoms with Crippen LogP contribution < -0.4 is 10.1 Å². The lowest BCUT2D eigenvalue weighted by atomic mass is 10.1. The number of carboxylic acids is 1. The fourth-order valence-corrected chi connectivity index (χ4v) is 4.67. The molecule has 0 aromatic heterocycles. The number of nitrogens with one attached hydrogen (secondary N) is 1. The molecule has 0 heterocycles. The summed E-state index contributed by atoms with van der Waals surface area (Å²) < 4.78 is 69.0. The van der Waals surface area contributed by atoms with Gasteiger partial charge in [0.25, 0.3) is 0 Å². The van der Waals surface area contributed by atoms with E-state index in [4.69, 9.17) is 4.74 Å². The van der Waals surface area contributed by atoms with Gasteiger partial charge in [-0.25, -0.2) is 13.2 Å². The standard InChI is InChI=1S/C24H20F3NO6S/c1-15(28-23(31)24(25,26)27)13-16-7-10-19(11-8-16)35(32,33)21-12-9-18(14-20(21)22(29)30)34-17-5-3-2-4-6-17/h2-12,14-15H,13H2,1H3,(H,28,31)(H,29,30)/t15-/m1/s1. The molecular weight excluding hydrogens is 487 g/mol. The zero-order chi connectivity index (χ0) is 25.8. The molecule has 11 heteroatoms. The Morgan fingerprint density at radius 1 is 0.971 bits per heavy atom. The average Bonchev–Trinajstić information content (AvgIpc) is 2.79. The molecule has 0 fully saturated rings. The van der Waals surface area contributed by atoms with E-state index in [1.165, 1.54) is 37.3 Å². The number of benzene rings is 3. The van der Waals surface area contributed by atoms with Crippen LogP contribution in [-0.4, -0.2) is 37.6 Å². The largest absolute Gasteiger partial charge is 0.478 e. The molecule has 0 bridgehead atoms. The number of hydrogen-bond acceptors (Lipinski definition) is 5. The highest BCUT2D eigenvalue weighted by Crippen LogP contribution is 2.30. The molecule has 1 atom stereocenters. The number of rotatable bonds is 8. The topological polar surface area (TPSA) is 110 Å². The smallest absolute Gasteiger partial charge is 0.471 e. The summed E-state index contributed by atoms with van der Waals surface area (Å²) in [6, 6.07) is 16.5. The van der Waals surface area contributed by atoms with Gasteiger partial charge in [-0.15, -0.1) is 0 Å². The van der Waals surface area contributed by atoms with Crippen molar-refractivity contribution < 1.29 is 41.0 Å². The predicted octanol–water partition coefficient (Wildman–Crippen LogP) is 4.62. The molecule has 3 aromatic rings. The Bertz CT molecular complexity index is 1320. The van der Waals surface area contributed by atoms with E-state index in [1.807, 2.05) is 5.32 Å². The first kappa shape index (κ1) is 25.8. The third kappa shape index (κ3) is 6.38. The van der Waals surface area contributed by atoms with Gasteiger partial charge in [-0.3, -0.25) is 4.79 Å². The molecule has 0 aliphatic carbocycles. The lowest BCUT2D eigenvalue weighted by Gasteiger charge is -2.15. The first-order valence-electron chi connectivity index (χ1n) is 10.2. The van der Waals surface area contributed by atoms with Gasteiger partial charge in [0.1, 0.15) is 11.5 Å². The minimum absolute atomic E-state index is 0.0219. The van der Waals surface area contributed by atoms with Crippen LogP contribution in [0.2, 0.25) is 0 Å². The third-order valence-corrected chi connectivity index (χ3v) is 6.69. The fraction of sp³-hybridized carbons (Fsp3) is 0.167. The number of halogens is 3. The maximum absolute atomic E-state index is 13.1. The van der Waals surface area contributed by atoms with Crippen molar-refractivity contribution in [2.45, 2.75) is 35.4 Å². The molecule has 184 valence electrons. The number of aromatic carboxylic acids is 1. The molecule has 0 saturated carbocycles. The monoisotopic (exact) mass is 507 g/mol.